The Labute approximate surface area is 161 Å². The number of fused-ring (bicyclic) bond motifs is 1. The van der Waals surface area contributed by atoms with Crippen molar-refractivity contribution < 1.29 is 9.59 Å². The van der Waals surface area contributed by atoms with Crippen LogP contribution in [0.3, 0.4) is 0 Å². The molecule has 5 nitrogen and oxygen atoms in total. The van der Waals surface area contributed by atoms with Crippen LogP contribution in [0.25, 0.3) is 10.9 Å². The van der Waals surface area contributed by atoms with Crippen molar-refractivity contribution in [3.63, 3.8) is 0 Å². The number of piperazine rings is 1. The van der Waals surface area contributed by atoms with Crippen LogP contribution < -0.4 is 10.6 Å². The second kappa shape index (κ2) is 9.07. The molecular weight excluding hydrogens is 338 g/mol. The standard InChI is InChI=1S/C22H31N3O2/c1-3-4-5-6-7-8-13-19-21(26)25-20(22(27)24-19)15(2)17-14-23-18-12-10-9-11-16(17)18/h9-12,14-15,19-20,23H,3-8,13H2,1-2H3,(H,24,27)(H,25,26)/t15?,19-,20-/m1/s1. The number of H-pyrrole nitrogens is 1. The van der Waals surface area contributed by atoms with Crippen LogP contribution in [-0.4, -0.2) is 28.9 Å². The highest BCUT2D eigenvalue weighted by molar-refractivity contribution is 5.98. The molecule has 1 fully saturated rings. The minimum Gasteiger partial charge on any atom is -0.361 e. The van der Waals surface area contributed by atoms with Crippen molar-refractivity contribution in [2.75, 3.05) is 0 Å². The van der Waals surface area contributed by atoms with Crippen LogP contribution in [0.5, 0.6) is 0 Å². The molecule has 0 radical (unpaired) electrons. The Morgan fingerprint density at radius 2 is 1.70 bits per heavy atom. The lowest BCUT2D eigenvalue weighted by atomic mass is 9.90. The summed E-state index contributed by atoms with van der Waals surface area (Å²) in [7, 11) is 0. The first kappa shape index (κ1) is 19.5. The van der Waals surface area contributed by atoms with Gasteiger partial charge in [-0.1, -0.05) is 70.6 Å². The first-order chi connectivity index (χ1) is 13.1. The van der Waals surface area contributed by atoms with E-state index in [1.165, 1.54) is 25.7 Å². The molecule has 0 bridgehead atoms. The molecule has 27 heavy (non-hydrogen) atoms. The summed E-state index contributed by atoms with van der Waals surface area (Å²) in [5.74, 6) is -0.233. The van der Waals surface area contributed by atoms with Crippen molar-refractivity contribution >= 4 is 22.7 Å². The van der Waals surface area contributed by atoms with E-state index >= 15 is 0 Å². The van der Waals surface area contributed by atoms with E-state index in [1.54, 1.807) is 0 Å². The van der Waals surface area contributed by atoms with E-state index in [4.69, 9.17) is 0 Å². The van der Waals surface area contributed by atoms with Gasteiger partial charge in [-0.3, -0.25) is 9.59 Å². The predicted molar refractivity (Wildman–Crippen MR) is 109 cm³/mol. The van der Waals surface area contributed by atoms with Crippen LogP contribution in [0.15, 0.2) is 30.5 Å². The highest BCUT2D eigenvalue weighted by Crippen LogP contribution is 2.28. The first-order valence-electron chi connectivity index (χ1n) is 10.3. The molecule has 2 aromatic rings. The molecule has 3 atom stereocenters. The third-order valence-corrected chi connectivity index (χ3v) is 5.67. The number of hydrogen-bond acceptors (Lipinski definition) is 2. The fourth-order valence-electron chi connectivity index (χ4n) is 3.98. The van der Waals surface area contributed by atoms with E-state index in [2.05, 4.69) is 22.5 Å². The van der Waals surface area contributed by atoms with E-state index in [0.717, 1.165) is 35.7 Å². The van der Waals surface area contributed by atoms with Gasteiger partial charge in [-0.25, -0.2) is 0 Å². The fraction of sp³-hybridized carbons (Fsp3) is 0.545. The molecule has 0 spiro atoms. The molecule has 0 aliphatic carbocycles. The summed E-state index contributed by atoms with van der Waals surface area (Å²) in [6, 6.07) is 7.11. The number of hydrogen-bond donors (Lipinski definition) is 3. The van der Waals surface area contributed by atoms with Gasteiger partial charge in [0.2, 0.25) is 11.8 Å². The summed E-state index contributed by atoms with van der Waals surface area (Å²) in [5, 5.41) is 7.01. The molecule has 2 heterocycles. The van der Waals surface area contributed by atoms with Gasteiger partial charge in [-0.15, -0.1) is 0 Å². The third kappa shape index (κ3) is 4.52. The summed E-state index contributed by atoms with van der Waals surface area (Å²) < 4.78 is 0. The Morgan fingerprint density at radius 1 is 0.963 bits per heavy atom. The molecule has 1 aliphatic rings. The monoisotopic (exact) mass is 369 g/mol. The van der Waals surface area contributed by atoms with Crippen molar-refractivity contribution in [2.24, 2.45) is 0 Å². The lowest BCUT2D eigenvalue weighted by molar-refractivity contribution is -0.137. The summed E-state index contributed by atoms with van der Waals surface area (Å²) in [4.78, 5) is 28.4. The van der Waals surface area contributed by atoms with E-state index < -0.39 is 12.1 Å². The number of amides is 2. The van der Waals surface area contributed by atoms with Gasteiger partial charge in [-0.2, -0.15) is 0 Å². The number of para-hydroxylation sites is 1. The Hall–Kier alpha value is -2.30. The fourth-order valence-corrected chi connectivity index (χ4v) is 3.98. The van der Waals surface area contributed by atoms with Gasteiger partial charge >= 0.3 is 0 Å². The molecule has 5 heteroatoms. The Morgan fingerprint density at radius 3 is 2.52 bits per heavy atom. The highest BCUT2D eigenvalue weighted by Gasteiger charge is 2.37. The summed E-state index contributed by atoms with van der Waals surface area (Å²) in [6.07, 6.45) is 9.72. The smallest absolute Gasteiger partial charge is 0.243 e. The maximum atomic E-state index is 12.7. The highest BCUT2D eigenvalue weighted by atomic mass is 16.2. The number of benzene rings is 1. The molecular formula is C22H31N3O2. The van der Waals surface area contributed by atoms with Crippen molar-refractivity contribution in [2.45, 2.75) is 76.8 Å². The van der Waals surface area contributed by atoms with Crippen LogP contribution >= 0.6 is 0 Å². The maximum Gasteiger partial charge on any atom is 0.243 e. The number of unbranched alkanes of at least 4 members (excludes halogenated alkanes) is 5. The molecule has 2 amide bonds. The summed E-state index contributed by atoms with van der Waals surface area (Å²) >= 11 is 0. The quantitative estimate of drug-likeness (QED) is 0.584. The maximum absolute atomic E-state index is 12.7. The van der Waals surface area contributed by atoms with Gasteiger partial charge in [-0.05, 0) is 18.1 Å². The van der Waals surface area contributed by atoms with E-state index in [0.29, 0.717) is 0 Å². The number of carbonyl (C=O) groups is 2. The predicted octanol–water partition coefficient (Wildman–Crippen LogP) is 4.01. The Balaban J connectivity index is 1.57. The Kier molecular flexibility index (Phi) is 6.54. The molecule has 3 rings (SSSR count). The van der Waals surface area contributed by atoms with E-state index in [9.17, 15) is 9.59 Å². The van der Waals surface area contributed by atoms with Gasteiger partial charge in [0.1, 0.15) is 12.1 Å². The van der Waals surface area contributed by atoms with Gasteiger partial charge in [0.05, 0.1) is 0 Å². The number of nitrogens with one attached hydrogen (secondary N) is 3. The Bertz CT molecular complexity index is 783. The second-order valence-electron chi connectivity index (χ2n) is 7.68. The third-order valence-electron chi connectivity index (χ3n) is 5.67. The van der Waals surface area contributed by atoms with Gasteiger partial charge in [0.15, 0.2) is 0 Å². The molecule has 1 aromatic heterocycles. The van der Waals surface area contributed by atoms with Gasteiger partial charge < -0.3 is 15.6 Å². The average Bonchev–Trinajstić information content (AvgIpc) is 3.10. The van der Waals surface area contributed by atoms with Crippen LogP contribution in [0.2, 0.25) is 0 Å². The van der Waals surface area contributed by atoms with Crippen LogP contribution in [-0.2, 0) is 9.59 Å². The topological polar surface area (TPSA) is 74.0 Å². The molecule has 1 aromatic carbocycles. The molecule has 1 saturated heterocycles. The zero-order chi connectivity index (χ0) is 19.2. The lowest BCUT2D eigenvalue weighted by Gasteiger charge is -2.33. The van der Waals surface area contributed by atoms with E-state index in [-0.39, 0.29) is 17.7 Å². The molecule has 3 N–H and O–H groups in total. The number of aromatic nitrogens is 1. The minimum absolute atomic E-state index is 0.0557. The SMILES string of the molecule is CCCCCCCC[C@H]1NC(=O)[C@@H](C(C)c2c[nH]c3ccccc23)NC1=O. The van der Waals surface area contributed by atoms with Crippen LogP contribution in [0.4, 0.5) is 0 Å². The second-order valence-corrected chi connectivity index (χ2v) is 7.68. The number of aromatic amines is 1. The van der Waals surface area contributed by atoms with Crippen molar-refractivity contribution in [1.82, 2.24) is 15.6 Å². The molecule has 0 saturated carbocycles. The summed E-state index contributed by atoms with van der Waals surface area (Å²) in [5.41, 5.74) is 2.10. The van der Waals surface area contributed by atoms with Crippen LogP contribution in [0, 0.1) is 0 Å². The van der Waals surface area contributed by atoms with Gasteiger partial charge in [0.25, 0.3) is 0 Å². The molecule has 1 aliphatic heterocycles. The van der Waals surface area contributed by atoms with Crippen molar-refractivity contribution in [3.8, 4) is 0 Å². The normalized spacial score (nSPS) is 21.1. The van der Waals surface area contributed by atoms with E-state index in [1.807, 2.05) is 37.4 Å². The zero-order valence-electron chi connectivity index (χ0n) is 16.4. The molecule has 146 valence electrons. The zero-order valence-corrected chi connectivity index (χ0v) is 16.4. The lowest BCUT2D eigenvalue weighted by Crippen LogP contribution is -2.62. The largest absolute Gasteiger partial charge is 0.361 e. The van der Waals surface area contributed by atoms with Crippen LogP contribution in [0.1, 0.15) is 70.3 Å². The average molecular weight is 370 g/mol. The molecule has 1 unspecified atom stereocenters. The van der Waals surface area contributed by atoms with Crippen molar-refractivity contribution in [1.29, 1.82) is 0 Å². The van der Waals surface area contributed by atoms with Gasteiger partial charge in [0, 0.05) is 23.0 Å². The number of carbonyl (C=O) groups excluding carboxylic acids is 2. The first-order valence-corrected chi connectivity index (χ1v) is 10.3. The number of rotatable bonds is 9. The van der Waals surface area contributed by atoms with Crippen molar-refractivity contribution in [3.05, 3.63) is 36.0 Å². The minimum atomic E-state index is -0.530. The summed E-state index contributed by atoms with van der Waals surface area (Å²) in [6.45, 7) is 4.20.